The van der Waals surface area contributed by atoms with E-state index in [-0.39, 0.29) is 5.41 Å². The lowest BCUT2D eigenvalue weighted by Gasteiger charge is -2.43. The summed E-state index contributed by atoms with van der Waals surface area (Å²) in [5.74, 6) is -0.0139. The maximum absolute atomic E-state index is 11.6. The number of likely N-dealkylation sites (tertiary alicyclic amines) is 1. The van der Waals surface area contributed by atoms with Gasteiger partial charge in [-0.15, -0.1) is 5.10 Å². The Morgan fingerprint density at radius 3 is 2.90 bits per heavy atom. The van der Waals surface area contributed by atoms with Crippen LogP contribution in [0.3, 0.4) is 0 Å². The summed E-state index contributed by atoms with van der Waals surface area (Å²) >= 11 is 0. The zero-order valence-electron chi connectivity index (χ0n) is 12.4. The molecule has 0 amide bonds. The predicted molar refractivity (Wildman–Crippen MR) is 73.0 cm³/mol. The first-order valence-electron chi connectivity index (χ1n) is 7.17. The topological polar surface area (TPSA) is 84.1 Å². The first-order chi connectivity index (χ1) is 9.45. The van der Waals surface area contributed by atoms with Crippen molar-refractivity contribution in [3.05, 3.63) is 5.82 Å². The van der Waals surface area contributed by atoms with Gasteiger partial charge in [-0.25, -0.2) is 4.68 Å². The van der Waals surface area contributed by atoms with Crippen molar-refractivity contribution < 1.29 is 9.90 Å². The van der Waals surface area contributed by atoms with Gasteiger partial charge >= 0.3 is 5.97 Å². The lowest BCUT2D eigenvalue weighted by atomic mass is 9.76. The smallest absolute Gasteiger partial charge is 0.321 e. The molecule has 0 spiro atoms. The van der Waals surface area contributed by atoms with Gasteiger partial charge in [0.05, 0.1) is 6.54 Å². The molecule has 2 rings (SSSR count). The highest BCUT2D eigenvalue weighted by Crippen LogP contribution is 2.35. The minimum Gasteiger partial charge on any atom is -0.480 e. The SMILES string of the molecule is CCCn1nnnc1CN1CCCC(C)(C)C1C(=O)O. The summed E-state index contributed by atoms with van der Waals surface area (Å²) in [4.78, 5) is 13.6. The van der Waals surface area contributed by atoms with Crippen molar-refractivity contribution in [1.82, 2.24) is 25.1 Å². The number of tetrazole rings is 1. The molecule has 0 aliphatic carbocycles. The number of carbonyl (C=O) groups is 1. The molecule has 2 heterocycles. The Balaban J connectivity index is 2.17. The number of nitrogens with zero attached hydrogens (tertiary/aromatic N) is 5. The zero-order chi connectivity index (χ0) is 14.8. The van der Waals surface area contributed by atoms with Crippen molar-refractivity contribution in [3.63, 3.8) is 0 Å². The van der Waals surface area contributed by atoms with Crippen LogP contribution in [0.4, 0.5) is 0 Å². The number of piperidine rings is 1. The molecular weight excluding hydrogens is 258 g/mol. The van der Waals surface area contributed by atoms with Crippen molar-refractivity contribution >= 4 is 5.97 Å². The second-order valence-electron chi connectivity index (χ2n) is 6.12. The molecule has 1 atom stereocenters. The first kappa shape index (κ1) is 14.9. The van der Waals surface area contributed by atoms with Crippen LogP contribution < -0.4 is 0 Å². The van der Waals surface area contributed by atoms with Crippen molar-refractivity contribution in [2.45, 2.75) is 59.2 Å². The van der Waals surface area contributed by atoms with Gasteiger partial charge in [0.2, 0.25) is 0 Å². The molecule has 1 aromatic heterocycles. The molecule has 1 aliphatic heterocycles. The van der Waals surface area contributed by atoms with Crippen LogP contribution in [0.25, 0.3) is 0 Å². The van der Waals surface area contributed by atoms with Crippen molar-refractivity contribution in [2.75, 3.05) is 6.54 Å². The predicted octanol–water partition coefficient (Wildman–Crippen LogP) is 1.16. The van der Waals surface area contributed by atoms with Gasteiger partial charge in [0.1, 0.15) is 6.04 Å². The molecular formula is C13H23N5O2. The monoisotopic (exact) mass is 281 g/mol. The third kappa shape index (κ3) is 2.98. The van der Waals surface area contributed by atoms with E-state index in [4.69, 9.17) is 0 Å². The van der Waals surface area contributed by atoms with E-state index < -0.39 is 12.0 Å². The Bertz CT molecular complexity index is 471. The Labute approximate surface area is 119 Å². The zero-order valence-corrected chi connectivity index (χ0v) is 12.4. The van der Waals surface area contributed by atoms with Gasteiger partial charge in [-0.3, -0.25) is 9.69 Å². The summed E-state index contributed by atoms with van der Waals surface area (Å²) in [6.07, 6.45) is 2.89. The number of hydrogen-bond acceptors (Lipinski definition) is 5. The van der Waals surface area contributed by atoms with Crippen LogP contribution in [0.5, 0.6) is 0 Å². The van der Waals surface area contributed by atoms with Crippen molar-refractivity contribution in [1.29, 1.82) is 0 Å². The second-order valence-corrected chi connectivity index (χ2v) is 6.12. The van der Waals surface area contributed by atoms with Crippen LogP contribution in [0.15, 0.2) is 0 Å². The quantitative estimate of drug-likeness (QED) is 0.872. The number of rotatable bonds is 5. The average molecular weight is 281 g/mol. The molecule has 1 N–H and O–H groups in total. The van der Waals surface area contributed by atoms with Gasteiger partial charge in [0, 0.05) is 6.54 Å². The van der Waals surface area contributed by atoms with E-state index >= 15 is 0 Å². The molecule has 0 bridgehead atoms. The fraction of sp³-hybridized carbons (Fsp3) is 0.846. The second kappa shape index (κ2) is 5.87. The Hall–Kier alpha value is -1.50. The van der Waals surface area contributed by atoms with Crippen LogP contribution in [-0.2, 0) is 17.9 Å². The van der Waals surface area contributed by atoms with Gasteiger partial charge < -0.3 is 5.11 Å². The minimum atomic E-state index is -0.760. The lowest BCUT2D eigenvalue weighted by molar-refractivity contribution is -0.151. The van der Waals surface area contributed by atoms with Crippen LogP contribution in [-0.4, -0.2) is 48.8 Å². The summed E-state index contributed by atoms with van der Waals surface area (Å²) in [6, 6.07) is -0.483. The van der Waals surface area contributed by atoms with Gasteiger partial charge in [-0.05, 0) is 41.6 Å². The van der Waals surface area contributed by atoms with Crippen molar-refractivity contribution in [2.24, 2.45) is 5.41 Å². The normalized spacial score (nSPS) is 22.9. The molecule has 1 aromatic rings. The minimum absolute atomic E-state index is 0.229. The van der Waals surface area contributed by atoms with E-state index in [1.54, 1.807) is 4.68 Å². The van der Waals surface area contributed by atoms with Gasteiger partial charge in [0.15, 0.2) is 5.82 Å². The maximum atomic E-state index is 11.6. The van der Waals surface area contributed by atoms with Crippen LogP contribution in [0, 0.1) is 5.41 Å². The lowest BCUT2D eigenvalue weighted by Crippen LogP contribution is -2.53. The summed E-state index contributed by atoms with van der Waals surface area (Å²) in [6.45, 7) is 8.14. The first-order valence-corrected chi connectivity index (χ1v) is 7.17. The Morgan fingerprint density at radius 1 is 1.50 bits per heavy atom. The molecule has 0 aromatic carbocycles. The van der Waals surface area contributed by atoms with Gasteiger partial charge in [0.25, 0.3) is 0 Å². The third-order valence-electron chi connectivity index (χ3n) is 3.99. The van der Waals surface area contributed by atoms with Gasteiger partial charge in [-0.2, -0.15) is 0 Å². The molecule has 1 saturated heterocycles. The fourth-order valence-electron chi connectivity index (χ4n) is 3.06. The fourth-order valence-corrected chi connectivity index (χ4v) is 3.06. The molecule has 1 unspecified atom stereocenters. The maximum Gasteiger partial charge on any atom is 0.321 e. The molecule has 1 fully saturated rings. The highest BCUT2D eigenvalue weighted by atomic mass is 16.4. The van der Waals surface area contributed by atoms with E-state index in [9.17, 15) is 9.90 Å². The number of aromatic nitrogens is 4. The largest absolute Gasteiger partial charge is 0.480 e. The Morgan fingerprint density at radius 2 is 2.25 bits per heavy atom. The van der Waals surface area contributed by atoms with E-state index in [2.05, 4.69) is 22.4 Å². The van der Waals surface area contributed by atoms with E-state index in [0.717, 1.165) is 38.2 Å². The van der Waals surface area contributed by atoms with Crippen LogP contribution >= 0.6 is 0 Å². The number of hydrogen-bond donors (Lipinski definition) is 1. The van der Waals surface area contributed by atoms with Crippen molar-refractivity contribution in [3.8, 4) is 0 Å². The summed E-state index contributed by atoms with van der Waals surface area (Å²) in [5, 5.41) is 21.2. The van der Waals surface area contributed by atoms with E-state index in [1.165, 1.54) is 0 Å². The number of aryl methyl sites for hydroxylation is 1. The van der Waals surface area contributed by atoms with Crippen LogP contribution in [0.1, 0.15) is 45.9 Å². The van der Waals surface area contributed by atoms with Gasteiger partial charge in [-0.1, -0.05) is 20.8 Å². The molecule has 20 heavy (non-hydrogen) atoms. The molecule has 1 aliphatic rings. The van der Waals surface area contributed by atoms with Crippen LogP contribution in [0.2, 0.25) is 0 Å². The highest BCUT2D eigenvalue weighted by molar-refractivity contribution is 5.74. The molecule has 112 valence electrons. The third-order valence-corrected chi connectivity index (χ3v) is 3.99. The summed E-state index contributed by atoms with van der Waals surface area (Å²) in [5.41, 5.74) is -0.229. The van der Waals surface area contributed by atoms with E-state index in [1.807, 2.05) is 18.7 Å². The summed E-state index contributed by atoms with van der Waals surface area (Å²) < 4.78 is 1.76. The number of carboxylic acid groups (broad SMARTS) is 1. The highest BCUT2D eigenvalue weighted by Gasteiger charge is 2.42. The average Bonchev–Trinajstić information content (AvgIpc) is 2.75. The molecule has 0 radical (unpaired) electrons. The number of aliphatic carboxylic acids is 1. The number of carboxylic acids is 1. The molecule has 7 heteroatoms. The summed E-state index contributed by atoms with van der Waals surface area (Å²) in [7, 11) is 0. The Kier molecular flexibility index (Phi) is 4.37. The standard InChI is InChI=1S/C13H23N5O2/c1-4-7-18-10(14-15-16-18)9-17-8-5-6-13(2,3)11(17)12(19)20/h11H,4-9H2,1-3H3,(H,19,20). The molecule has 0 saturated carbocycles. The molecule has 7 nitrogen and oxygen atoms in total. The van der Waals surface area contributed by atoms with E-state index in [0.29, 0.717) is 6.54 Å².